The van der Waals surface area contributed by atoms with E-state index < -0.39 is 0 Å². The topological polar surface area (TPSA) is 78.6 Å². The largest absolute Gasteiger partial charge is 0.494 e. The van der Waals surface area contributed by atoms with E-state index in [0.29, 0.717) is 19.6 Å². The first-order valence-corrected chi connectivity index (χ1v) is 8.21. The second-order valence-electron chi connectivity index (χ2n) is 5.35. The van der Waals surface area contributed by atoms with Crippen molar-refractivity contribution in [3.63, 3.8) is 0 Å². The van der Waals surface area contributed by atoms with Crippen molar-refractivity contribution in [2.24, 2.45) is 5.73 Å². The molecule has 0 heterocycles. The maximum atomic E-state index is 10.4. The zero-order chi connectivity index (χ0) is 18.3. The summed E-state index contributed by atoms with van der Waals surface area (Å²) in [5, 5.41) is 0. The zero-order valence-electron chi connectivity index (χ0n) is 14.5. The fraction of sp³-hybridized carbons (Fsp3) is 0.300. The third-order valence-electron chi connectivity index (χ3n) is 3.11. The van der Waals surface area contributed by atoms with Crippen LogP contribution in [0, 0.1) is 0 Å². The van der Waals surface area contributed by atoms with Crippen LogP contribution in [0.4, 0.5) is 0 Å². The van der Waals surface area contributed by atoms with E-state index in [2.05, 4.69) is 0 Å². The number of para-hydroxylation sites is 1. The summed E-state index contributed by atoms with van der Waals surface area (Å²) >= 11 is 0. The van der Waals surface area contributed by atoms with E-state index in [0.717, 1.165) is 24.2 Å². The molecule has 0 saturated carbocycles. The first-order valence-electron chi connectivity index (χ1n) is 8.21. The van der Waals surface area contributed by atoms with Crippen molar-refractivity contribution in [2.45, 2.75) is 32.8 Å². The summed E-state index contributed by atoms with van der Waals surface area (Å²) in [5.74, 6) is 0.380. The Morgan fingerprint density at radius 1 is 0.920 bits per heavy atom. The van der Waals surface area contributed by atoms with E-state index in [-0.39, 0.29) is 11.9 Å². The molecule has 2 rings (SSSR count). The minimum atomic E-state index is -0.246. The van der Waals surface area contributed by atoms with E-state index in [1.807, 2.05) is 60.7 Å². The van der Waals surface area contributed by atoms with E-state index in [4.69, 9.17) is 15.2 Å². The van der Waals surface area contributed by atoms with Crippen molar-refractivity contribution in [3.05, 3.63) is 66.2 Å². The van der Waals surface area contributed by atoms with Crippen LogP contribution >= 0.6 is 0 Å². The lowest BCUT2D eigenvalue weighted by atomic mass is 10.2. The van der Waals surface area contributed by atoms with Gasteiger partial charge in [-0.3, -0.25) is 9.59 Å². The number of unbranched alkanes of at least 4 members (excludes halogenated alkanes) is 1. The Bertz CT molecular complexity index is 614. The lowest BCUT2D eigenvalue weighted by Crippen LogP contribution is -2.10. The average Bonchev–Trinajstić information content (AvgIpc) is 2.62. The monoisotopic (exact) mass is 343 g/mol. The van der Waals surface area contributed by atoms with Crippen LogP contribution in [0.3, 0.4) is 0 Å². The molecule has 0 aliphatic carbocycles. The van der Waals surface area contributed by atoms with Crippen LogP contribution in [0.1, 0.15) is 31.7 Å². The highest BCUT2D eigenvalue weighted by Crippen LogP contribution is 2.09. The first-order chi connectivity index (χ1) is 12.1. The van der Waals surface area contributed by atoms with Crippen LogP contribution in [0.15, 0.2) is 60.7 Å². The molecule has 0 bridgehead atoms. The fourth-order valence-corrected chi connectivity index (χ4v) is 1.87. The van der Waals surface area contributed by atoms with Gasteiger partial charge in [-0.25, -0.2) is 0 Å². The highest BCUT2D eigenvalue weighted by Gasteiger charge is 1.95. The number of amides is 1. The predicted molar refractivity (Wildman–Crippen MR) is 96.9 cm³/mol. The standard InChI is InChI=1S/C11H15NO2.C9H10O2/c12-11(13)8-4-5-9-14-10-6-2-1-3-7-10;1-8(10)11-7-9-5-3-2-4-6-9/h1-3,6-7H,4-5,8-9H2,(H2,12,13);2-6H,7H2,1H3. The van der Waals surface area contributed by atoms with Crippen LogP contribution < -0.4 is 10.5 Å². The average molecular weight is 343 g/mol. The Balaban J connectivity index is 0.000000257. The quantitative estimate of drug-likeness (QED) is 0.588. The molecule has 0 fully saturated rings. The van der Waals surface area contributed by atoms with Gasteiger partial charge in [0.15, 0.2) is 0 Å². The van der Waals surface area contributed by atoms with Gasteiger partial charge in [-0.15, -0.1) is 0 Å². The van der Waals surface area contributed by atoms with Gasteiger partial charge in [0.1, 0.15) is 12.4 Å². The third-order valence-corrected chi connectivity index (χ3v) is 3.11. The van der Waals surface area contributed by atoms with Gasteiger partial charge in [0, 0.05) is 13.3 Å². The number of esters is 1. The highest BCUT2D eigenvalue weighted by molar-refractivity contribution is 5.73. The van der Waals surface area contributed by atoms with Gasteiger partial charge in [0.2, 0.25) is 5.91 Å². The SMILES string of the molecule is CC(=O)OCc1ccccc1.NC(=O)CCCCOc1ccccc1. The van der Waals surface area contributed by atoms with Gasteiger partial charge in [0.05, 0.1) is 6.61 Å². The van der Waals surface area contributed by atoms with Crippen LogP contribution in [0.5, 0.6) is 5.75 Å². The van der Waals surface area contributed by atoms with E-state index >= 15 is 0 Å². The molecule has 0 unspecified atom stereocenters. The summed E-state index contributed by atoms with van der Waals surface area (Å²) in [5.41, 5.74) is 6.02. The number of carbonyl (C=O) groups is 2. The number of nitrogens with two attached hydrogens (primary N) is 1. The van der Waals surface area contributed by atoms with E-state index in [1.54, 1.807) is 0 Å². The maximum Gasteiger partial charge on any atom is 0.302 e. The second kappa shape index (κ2) is 12.6. The summed E-state index contributed by atoms with van der Waals surface area (Å²) in [6.45, 7) is 2.41. The number of ether oxygens (including phenoxy) is 2. The molecule has 5 heteroatoms. The first kappa shape index (κ1) is 20.2. The zero-order valence-corrected chi connectivity index (χ0v) is 14.5. The Kier molecular flexibility index (Phi) is 10.2. The molecule has 0 spiro atoms. The molecule has 0 radical (unpaired) electrons. The minimum Gasteiger partial charge on any atom is -0.494 e. The van der Waals surface area contributed by atoms with Crippen molar-refractivity contribution >= 4 is 11.9 Å². The fourth-order valence-electron chi connectivity index (χ4n) is 1.87. The summed E-state index contributed by atoms with van der Waals surface area (Å²) in [7, 11) is 0. The van der Waals surface area contributed by atoms with Gasteiger partial charge in [0.25, 0.3) is 0 Å². The van der Waals surface area contributed by atoms with Crippen LogP contribution in [-0.2, 0) is 20.9 Å². The summed E-state index contributed by atoms with van der Waals surface area (Å²) in [4.78, 5) is 20.8. The van der Waals surface area contributed by atoms with Crippen LogP contribution in [-0.4, -0.2) is 18.5 Å². The summed E-state index contributed by atoms with van der Waals surface area (Å²) in [6.07, 6.45) is 2.10. The number of primary amides is 1. The molecular formula is C20H25NO4. The van der Waals surface area contributed by atoms with Crippen molar-refractivity contribution in [2.75, 3.05) is 6.61 Å². The molecule has 2 aromatic carbocycles. The van der Waals surface area contributed by atoms with Crippen LogP contribution in [0.2, 0.25) is 0 Å². The lowest BCUT2D eigenvalue weighted by molar-refractivity contribution is -0.142. The molecule has 0 aliphatic rings. The van der Waals surface area contributed by atoms with Crippen molar-refractivity contribution in [1.82, 2.24) is 0 Å². The van der Waals surface area contributed by atoms with E-state index in [9.17, 15) is 9.59 Å². The number of hydrogen-bond donors (Lipinski definition) is 1. The molecular weight excluding hydrogens is 318 g/mol. The van der Waals surface area contributed by atoms with Crippen molar-refractivity contribution in [1.29, 1.82) is 0 Å². The Labute approximate surface area is 148 Å². The van der Waals surface area contributed by atoms with Gasteiger partial charge < -0.3 is 15.2 Å². The summed E-state index contributed by atoms with van der Waals surface area (Å²) in [6, 6.07) is 19.2. The van der Waals surface area contributed by atoms with Gasteiger partial charge in [-0.2, -0.15) is 0 Å². The number of rotatable bonds is 8. The molecule has 2 aromatic rings. The Morgan fingerprint density at radius 2 is 1.52 bits per heavy atom. The molecule has 0 aromatic heterocycles. The lowest BCUT2D eigenvalue weighted by Gasteiger charge is -2.04. The number of carbonyl (C=O) groups excluding carboxylic acids is 2. The predicted octanol–water partition coefficient (Wildman–Crippen LogP) is 3.47. The van der Waals surface area contributed by atoms with Gasteiger partial charge >= 0.3 is 5.97 Å². The number of benzene rings is 2. The Morgan fingerprint density at radius 3 is 2.08 bits per heavy atom. The van der Waals surface area contributed by atoms with Crippen molar-refractivity contribution in [3.8, 4) is 5.75 Å². The van der Waals surface area contributed by atoms with Gasteiger partial charge in [-0.05, 0) is 30.5 Å². The molecule has 25 heavy (non-hydrogen) atoms. The number of hydrogen-bond acceptors (Lipinski definition) is 4. The normalized spacial score (nSPS) is 9.48. The van der Waals surface area contributed by atoms with E-state index in [1.165, 1.54) is 6.92 Å². The molecule has 2 N–H and O–H groups in total. The minimum absolute atomic E-state index is 0.242. The van der Waals surface area contributed by atoms with Gasteiger partial charge in [-0.1, -0.05) is 48.5 Å². The smallest absolute Gasteiger partial charge is 0.302 e. The molecule has 0 aliphatic heterocycles. The second-order valence-corrected chi connectivity index (χ2v) is 5.35. The maximum absolute atomic E-state index is 10.4. The third kappa shape index (κ3) is 11.4. The highest BCUT2D eigenvalue weighted by atomic mass is 16.5. The molecule has 5 nitrogen and oxygen atoms in total. The van der Waals surface area contributed by atoms with Crippen LogP contribution in [0.25, 0.3) is 0 Å². The molecule has 1 amide bonds. The Hall–Kier alpha value is -2.82. The molecule has 0 saturated heterocycles. The summed E-state index contributed by atoms with van der Waals surface area (Å²) < 4.78 is 10.2. The van der Waals surface area contributed by atoms with Crippen molar-refractivity contribution < 1.29 is 19.1 Å². The molecule has 0 atom stereocenters. The molecule has 134 valence electrons.